The standard InChI is InChI=1S/C21H21N7O3S/c1-28-21(25-26-27-28)32-12-18(29)22-15-7-5-13(6-8-15)19(30)24-17-4-2-3-14(11-17)20(31)23-16-9-10-16/h2-8,11,16H,9-10,12H2,1H3,(H,22,29)(H,23,31)(H,24,30). The van der Waals surface area contributed by atoms with E-state index in [0.717, 1.165) is 12.8 Å². The van der Waals surface area contributed by atoms with Gasteiger partial charge in [-0.2, -0.15) is 0 Å². The van der Waals surface area contributed by atoms with E-state index in [1.807, 2.05) is 0 Å². The summed E-state index contributed by atoms with van der Waals surface area (Å²) in [4.78, 5) is 36.9. The van der Waals surface area contributed by atoms with E-state index >= 15 is 0 Å². The minimum Gasteiger partial charge on any atom is -0.349 e. The fourth-order valence-electron chi connectivity index (χ4n) is 2.81. The number of thioether (sulfide) groups is 1. The number of rotatable bonds is 8. The van der Waals surface area contributed by atoms with Gasteiger partial charge >= 0.3 is 0 Å². The van der Waals surface area contributed by atoms with E-state index in [2.05, 4.69) is 31.5 Å². The van der Waals surface area contributed by atoms with Gasteiger partial charge in [0.2, 0.25) is 11.1 Å². The molecule has 3 amide bonds. The minimum atomic E-state index is -0.312. The number of amides is 3. The number of aromatic nitrogens is 4. The molecule has 2 aromatic carbocycles. The summed E-state index contributed by atoms with van der Waals surface area (Å²) in [5, 5.41) is 20.1. The molecule has 0 unspecified atom stereocenters. The van der Waals surface area contributed by atoms with Crippen molar-refractivity contribution in [3.05, 3.63) is 59.7 Å². The van der Waals surface area contributed by atoms with Gasteiger partial charge in [0.1, 0.15) is 0 Å². The van der Waals surface area contributed by atoms with Gasteiger partial charge in [-0.1, -0.05) is 17.8 Å². The lowest BCUT2D eigenvalue weighted by Gasteiger charge is -2.09. The molecular formula is C21H21N7O3S. The number of benzene rings is 2. The van der Waals surface area contributed by atoms with Gasteiger partial charge in [-0.3, -0.25) is 14.4 Å². The van der Waals surface area contributed by atoms with Crippen molar-refractivity contribution in [3.8, 4) is 0 Å². The number of nitrogens with one attached hydrogen (secondary N) is 3. The molecule has 4 rings (SSSR count). The van der Waals surface area contributed by atoms with Crippen LogP contribution in [0.15, 0.2) is 53.7 Å². The molecule has 0 bridgehead atoms. The number of hydrogen-bond acceptors (Lipinski definition) is 7. The van der Waals surface area contributed by atoms with Gasteiger partial charge in [0.05, 0.1) is 5.75 Å². The van der Waals surface area contributed by atoms with Crippen LogP contribution in [0.1, 0.15) is 33.6 Å². The number of anilines is 2. The maximum absolute atomic E-state index is 12.6. The summed E-state index contributed by atoms with van der Waals surface area (Å²) in [7, 11) is 1.70. The summed E-state index contributed by atoms with van der Waals surface area (Å²) in [5.74, 6) is -0.511. The Balaban J connectivity index is 1.30. The molecular weight excluding hydrogens is 430 g/mol. The van der Waals surface area contributed by atoms with Crippen molar-refractivity contribution < 1.29 is 14.4 Å². The second kappa shape index (κ2) is 9.60. The largest absolute Gasteiger partial charge is 0.349 e. The van der Waals surface area contributed by atoms with Crippen LogP contribution in [0.25, 0.3) is 0 Å². The summed E-state index contributed by atoms with van der Waals surface area (Å²) in [6.45, 7) is 0. The zero-order valence-corrected chi connectivity index (χ0v) is 18.1. The molecule has 3 aromatic rings. The van der Waals surface area contributed by atoms with Gasteiger partial charge in [-0.25, -0.2) is 4.68 Å². The van der Waals surface area contributed by atoms with Crippen molar-refractivity contribution in [3.63, 3.8) is 0 Å². The Bertz CT molecular complexity index is 1140. The number of carbonyl (C=O) groups is 3. The molecule has 1 saturated carbocycles. The fourth-order valence-corrected chi connectivity index (χ4v) is 3.46. The zero-order chi connectivity index (χ0) is 22.5. The second-order valence-corrected chi connectivity index (χ2v) is 8.22. The van der Waals surface area contributed by atoms with Gasteiger partial charge in [-0.15, -0.1) is 5.10 Å². The average Bonchev–Trinajstić information content (AvgIpc) is 3.51. The third-order valence-electron chi connectivity index (χ3n) is 4.64. The molecule has 10 nitrogen and oxygen atoms in total. The van der Waals surface area contributed by atoms with Crippen molar-refractivity contribution >= 4 is 40.9 Å². The Kier molecular flexibility index (Phi) is 6.45. The summed E-state index contributed by atoms with van der Waals surface area (Å²) >= 11 is 1.22. The Morgan fingerprint density at radius 3 is 2.47 bits per heavy atom. The van der Waals surface area contributed by atoms with Crippen molar-refractivity contribution in [1.29, 1.82) is 0 Å². The molecule has 1 fully saturated rings. The van der Waals surface area contributed by atoms with Crippen LogP contribution >= 0.6 is 11.8 Å². The lowest BCUT2D eigenvalue weighted by molar-refractivity contribution is -0.113. The Labute approximate surface area is 188 Å². The first-order chi connectivity index (χ1) is 15.5. The van der Waals surface area contributed by atoms with E-state index in [9.17, 15) is 14.4 Å². The molecule has 3 N–H and O–H groups in total. The molecule has 1 aliphatic rings. The minimum absolute atomic E-state index is 0.141. The molecule has 1 aromatic heterocycles. The van der Waals surface area contributed by atoms with Crippen LogP contribution in [0.4, 0.5) is 11.4 Å². The van der Waals surface area contributed by atoms with Gasteiger partial charge in [-0.05, 0) is 65.7 Å². The van der Waals surface area contributed by atoms with E-state index in [1.165, 1.54) is 16.4 Å². The topological polar surface area (TPSA) is 131 Å². The van der Waals surface area contributed by atoms with Crippen LogP contribution in [0.5, 0.6) is 0 Å². The number of nitrogens with zero attached hydrogens (tertiary/aromatic N) is 4. The maximum atomic E-state index is 12.6. The molecule has 164 valence electrons. The molecule has 32 heavy (non-hydrogen) atoms. The highest BCUT2D eigenvalue weighted by molar-refractivity contribution is 7.99. The van der Waals surface area contributed by atoms with E-state index in [4.69, 9.17) is 0 Å². The third-order valence-corrected chi connectivity index (χ3v) is 5.65. The summed E-state index contributed by atoms with van der Waals surface area (Å²) < 4.78 is 1.49. The van der Waals surface area contributed by atoms with E-state index in [-0.39, 0.29) is 29.5 Å². The van der Waals surface area contributed by atoms with Gasteiger partial charge in [0.25, 0.3) is 11.8 Å². The SMILES string of the molecule is Cn1nnnc1SCC(=O)Nc1ccc(C(=O)Nc2cccc(C(=O)NC3CC3)c2)cc1. The first-order valence-electron chi connectivity index (χ1n) is 9.95. The maximum Gasteiger partial charge on any atom is 0.255 e. The third kappa shape index (κ3) is 5.70. The van der Waals surface area contributed by atoms with Gasteiger partial charge in [0.15, 0.2) is 0 Å². The highest BCUT2D eigenvalue weighted by Crippen LogP contribution is 2.20. The van der Waals surface area contributed by atoms with Crippen LogP contribution in [-0.4, -0.2) is 49.7 Å². The molecule has 11 heteroatoms. The van der Waals surface area contributed by atoms with Crippen molar-refractivity contribution in [2.24, 2.45) is 7.05 Å². The summed E-state index contributed by atoms with van der Waals surface area (Å²) in [5.41, 5.74) is 2.03. The monoisotopic (exact) mass is 451 g/mol. The highest BCUT2D eigenvalue weighted by atomic mass is 32.2. The number of carbonyl (C=O) groups excluding carboxylic acids is 3. The smallest absolute Gasteiger partial charge is 0.255 e. The van der Waals surface area contributed by atoms with Crippen molar-refractivity contribution in [2.45, 2.75) is 24.0 Å². The Hall–Kier alpha value is -3.73. The van der Waals surface area contributed by atoms with Crippen LogP contribution < -0.4 is 16.0 Å². The van der Waals surface area contributed by atoms with Crippen LogP contribution in [0, 0.1) is 0 Å². The summed E-state index contributed by atoms with van der Waals surface area (Å²) in [6, 6.07) is 13.6. The Morgan fingerprint density at radius 2 is 1.78 bits per heavy atom. The molecule has 1 heterocycles. The first-order valence-corrected chi connectivity index (χ1v) is 10.9. The molecule has 0 atom stereocenters. The second-order valence-electron chi connectivity index (χ2n) is 7.28. The van der Waals surface area contributed by atoms with E-state index in [1.54, 1.807) is 55.6 Å². The van der Waals surface area contributed by atoms with Gasteiger partial charge < -0.3 is 16.0 Å². The normalized spacial score (nSPS) is 12.8. The van der Waals surface area contributed by atoms with Crippen LogP contribution in [-0.2, 0) is 11.8 Å². The number of aryl methyl sites for hydroxylation is 1. The molecule has 1 aliphatic carbocycles. The van der Waals surface area contributed by atoms with Crippen LogP contribution in [0.3, 0.4) is 0 Å². The quantitative estimate of drug-likeness (QED) is 0.447. The lowest BCUT2D eigenvalue weighted by Crippen LogP contribution is -2.25. The highest BCUT2D eigenvalue weighted by Gasteiger charge is 2.23. The van der Waals surface area contributed by atoms with Gasteiger partial charge in [0, 0.05) is 35.6 Å². The molecule has 0 spiro atoms. The summed E-state index contributed by atoms with van der Waals surface area (Å²) in [6.07, 6.45) is 2.02. The van der Waals surface area contributed by atoms with Crippen molar-refractivity contribution in [1.82, 2.24) is 25.5 Å². The zero-order valence-electron chi connectivity index (χ0n) is 17.2. The van der Waals surface area contributed by atoms with E-state index < -0.39 is 0 Å². The lowest BCUT2D eigenvalue weighted by atomic mass is 10.1. The van der Waals surface area contributed by atoms with Crippen LogP contribution in [0.2, 0.25) is 0 Å². The number of tetrazole rings is 1. The molecule has 0 aliphatic heterocycles. The average molecular weight is 452 g/mol. The fraction of sp³-hybridized carbons (Fsp3) is 0.238. The van der Waals surface area contributed by atoms with E-state index in [0.29, 0.717) is 27.7 Å². The van der Waals surface area contributed by atoms with Crippen molar-refractivity contribution in [2.75, 3.05) is 16.4 Å². The number of hydrogen-bond donors (Lipinski definition) is 3. The predicted molar refractivity (Wildman–Crippen MR) is 119 cm³/mol. The molecule has 0 radical (unpaired) electrons. The molecule has 0 saturated heterocycles. The first kappa shape index (κ1) is 21.5. The Morgan fingerprint density at radius 1 is 1.00 bits per heavy atom. The predicted octanol–water partition coefficient (Wildman–Crippen LogP) is 2.09.